The van der Waals surface area contributed by atoms with Crippen LogP contribution in [0.25, 0.3) is 0 Å². The molecule has 6 heteroatoms. The molecule has 1 aliphatic carbocycles. The van der Waals surface area contributed by atoms with Crippen molar-refractivity contribution in [1.29, 1.82) is 0 Å². The molecule has 2 aromatic carbocycles. The molecule has 3 atom stereocenters. The minimum Gasteiger partial charge on any atom is -0.393 e. The first-order valence-electron chi connectivity index (χ1n) is 6.76. The Bertz CT molecular complexity index is 804. The molecule has 3 nitrogen and oxygen atoms in total. The van der Waals surface area contributed by atoms with E-state index in [4.69, 9.17) is 18.0 Å². The van der Waals surface area contributed by atoms with Crippen molar-refractivity contribution in [3.05, 3.63) is 64.6 Å². The number of hydrogen-bond acceptors (Lipinski definition) is 3. The largest absolute Gasteiger partial charge is 0.393 e. The van der Waals surface area contributed by atoms with Crippen LogP contribution in [0.15, 0.2) is 64.0 Å². The Labute approximate surface area is 143 Å². The molecule has 0 saturated heterocycles. The fourth-order valence-electron chi connectivity index (χ4n) is 2.86. The Kier molecular flexibility index (Phi) is 4.09. The summed E-state index contributed by atoms with van der Waals surface area (Å²) in [4.78, 5) is 0.582. The number of hydrogen-bond donors (Lipinski definition) is 1. The summed E-state index contributed by atoms with van der Waals surface area (Å²) in [6.45, 7) is 0. The fraction of sp³-hybridized carbons (Fsp3) is 0.188. The third-order valence-electron chi connectivity index (χ3n) is 3.97. The molecule has 0 unspecified atom stereocenters. The van der Waals surface area contributed by atoms with E-state index in [1.54, 1.807) is 30.3 Å². The minimum absolute atomic E-state index is 0.171. The standard InChI is InChI=1S/C16H14BrNO2S2/c17-11-8-6-10(7-9-11)13-14(16(18)21)15(13)22(19,20)12-4-2-1-3-5-12/h1-9,13-15H,(H2,18,21)/t13-,14+,15+/m1/s1. The number of halogens is 1. The van der Waals surface area contributed by atoms with Crippen molar-refractivity contribution in [3.63, 3.8) is 0 Å². The molecule has 2 N–H and O–H groups in total. The van der Waals surface area contributed by atoms with Crippen molar-refractivity contribution >= 4 is 43.0 Å². The van der Waals surface area contributed by atoms with Crippen LogP contribution in [-0.4, -0.2) is 18.7 Å². The second kappa shape index (κ2) is 5.76. The third-order valence-corrected chi connectivity index (χ3v) is 7.00. The van der Waals surface area contributed by atoms with Crippen LogP contribution in [0.4, 0.5) is 0 Å². The summed E-state index contributed by atoms with van der Waals surface area (Å²) in [5.74, 6) is -0.475. The van der Waals surface area contributed by atoms with Crippen molar-refractivity contribution < 1.29 is 8.42 Å². The summed E-state index contributed by atoms with van der Waals surface area (Å²) in [7, 11) is -3.45. The van der Waals surface area contributed by atoms with Gasteiger partial charge in [0.25, 0.3) is 0 Å². The van der Waals surface area contributed by atoms with Crippen LogP contribution in [0.2, 0.25) is 0 Å². The number of thiocarbonyl (C=S) groups is 1. The molecular weight excluding hydrogens is 382 g/mol. The third kappa shape index (κ3) is 2.71. The molecule has 2 aromatic rings. The van der Waals surface area contributed by atoms with Crippen LogP contribution in [0.5, 0.6) is 0 Å². The van der Waals surface area contributed by atoms with Crippen molar-refractivity contribution in [2.45, 2.75) is 16.1 Å². The van der Waals surface area contributed by atoms with Gasteiger partial charge in [0.1, 0.15) is 0 Å². The van der Waals surface area contributed by atoms with E-state index in [-0.39, 0.29) is 16.8 Å². The number of rotatable bonds is 4. The molecule has 22 heavy (non-hydrogen) atoms. The van der Waals surface area contributed by atoms with Gasteiger partial charge in [0.15, 0.2) is 9.84 Å². The topological polar surface area (TPSA) is 60.2 Å². The molecule has 0 spiro atoms. The Hall–Kier alpha value is -1.24. The van der Waals surface area contributed by atoms with Gasteiger partial charge >= 0.3 is 0 Å². The molecule has 1 aliphatic rings. The molecule has 0 amide bonds. The molecule has 114 valence electrons. The van der Waals surface area contributed by atoms with Crippen LogP contribution in [0, 0.1) is 5.92 Å². The van der Waals surface area contributed by atoms with E-state index in [1.807, 2.05) is 24.3 Å². The van der Waals surface area contributed by atoms with E-state index in [1.165, 1.54) is 0 Å². The predicted octanol–water partition coefficient (Wildman–Crippen LogP) is 3.29. The number of nitrogens with two attached hydrogens (primary N) is 1. The van der Waals surface area contributed by atoms with E-state index < -0.39 is 15.1 Å². The summed E-state index contributed by atoms with van der Waals surface area (Å²) < 4.78 is 26.6. The Morgan fingerprint density at radius 1 is 1.05 bits per heavy atom. The van der Waals surface area contributed by atoms with Crippen molar-refractivity contribution in [3.8, 4) is 0 Å². The lowest BCUT2D eigenvalue weighted by Crippen LogP contribution is -2.17. The van der Waals surface area contributed by atoms with Crippen LogP contribution in [-0.2, 0) is 9.84 Å². The van der Waals surface area contributed by atoms with Crippen molar-refractivity contribution in [2.75, 3.05) is 0 Å². The highest BCUT2D eigenvalue weighted by Crippen LogP contribution is 2.54. The minimum atomic E-state index is -3.45. The molecule has 1 saturated carbocycles. The smallest absolute Gasteiger partial charge is 0.182 e. The van der Waals surface area contributed by atoms with E-state index in [2.05, 4.69) is 15.9 Å². The SMILES string of the molecule is NC(=S)[C@H]1[C@@H](c2ccc(Br)cc2)[C@@H]1S(=O)(=O)c1ccccc1. The first-order valence-corrected chi connectivity index (χ1v) is 9.51. The lowest BCUT2D eigenvalue weighted by atomic mass is 10.1. The molecule has 0 aliphatic heterocycles. The van der Waals surface area contributed by atoms with Gasteiger partial charge in [-0.05, 0) is 29.8 Å². The first-order chi connectivity index (χ1) is 10.4. The Balaban J connectivity index is 1.99. The summed E-state index contributed by atoms with van der Waals surface area (Å²) >= 11 is 8.47. The van der Waals surface area contributed by atoms with Crippen LogP contribution in [0.3, 0.4) is 0 Å². The average molecular weight is 396 g/mol. The van der Waals surface area contributed by atoms with E-state index in [9.17, 15) is 8.42 Å². The van der Waals surface area contributed by atoms with Gasteiger partial charge < -0.3 is 5.73 Å². The zero-order chi connectivity index (χ0) is 15.9. The van der Waals surface area contributed by atoms with E-state index in [0.29, 0.717) is 4.90 Å². The predicted molar refractivity (Wildman–Crippen MR) is 94.6 cm³/mol. The molecule has 1 fully saturated rings. The van der Waals surface area contributed by atoms with Gasteiger partial charge in [-0.2, -0.15) is 0 Å². The normalized spacial score (nSPS) is 24.0. The Morgan fingerprint density at radius 3 is 2.18 bits per heavy atom. The lowest BCUT2D eigenvalue weighted by Gasteiger charge is -2.04. The maximum atomic E-state index is 12.8. The van der Waals surface area contributed by atoms with Gasteiger partial charge in [0.2, 0.25) is 0 Å². The van der Waals surface area contributed by atoms with Crippen LogP contribution in [0.1, 0.15) is 11.5 Å². The quantitative estimate of drug-likeness (QED) is 0.806. The second-order valence-corrected chi connectivity index (χ2v) is 8.82. The van der Waals surface area contributed by atoms with Gasteiger partial charge in [0, 0.05) is 16.3 Å². The second-order valence-electron chi connectivity index (χ2n) is 5.33. The van der Waals surface area contributed by atoms with Gasteiger partial charge in [0.05, 0.1) is 15.1 Å². The molecular formula is C16H14BrNO2S2. The number of sulfone groups is 1. The highest BCUT2D eigenvalue weighted by molar-refractivity contribution is 9.10. The van der Waals surface area contributed by atoms with Crippen molar-refractivity contribution in [1.82, 2.24) is 0 Å². The average Bonchev–Trinajstić information content (AvgIpc) is 3.25. The molecule has 0 heterocycles. The number of benzene rings is 2. The summed E-state index contributed by atoms with van der Waals surface area (Å²) in [6.07, 6.45) is 0. The zero-order valence-electron chi connectivity index (χ0n) is 11.5. The van der Waals surface area contributed by atoms with E-state index >= 15 is 0 Å². The van der Waals surface area contributed by atoms with Gasteiger partial charge in [-0.15, -0.1) is 0 Å². The van der Waals surface area contributed by atoms with Crippen molar-refractivity contribution in [2.24, 2.45) is 11.7 Å². The monoisotopic (exact) mass is 395 g/mol. The van der Waals surface area contributed by atoms with Gasteiger partial charge in [-0.1, -0.05) is 58.5 Å². The maximum Gasteiger partial charge on any atom is 0.182 e. The molecule has 0 bridgehead atoms. The molecule has 0 aromatic heterocycles. The van der Waals surface area contributed by atoms with Gasteiger partial charge in [-0.25, -0.2) is 8.42 Å². The maximum absolute atomic E-state index is 12.8. The Morgan fingerprint density at radius 2 is 1.64 bits per heavy atom. The van der Waals surface area contributed by atoms with Crippen LogP contribution >= 0.6 is 28.1 Å². The summed E-state index contributed by atoms with van der Waals surface area (Å²) in [5.41, 5.74) is 6.73. The summed E-state index contributed by atoms with van der Waals surface area (Å²) in [5, 5.41) is -0.575. The van der Waals surface area contributed by atoms with Crippen LogP contribution < -0.4 is 5.73 Å². The highest BCUT2D eigenvalue weighted by Gasteiger charge is 2.60. The summed E-state index contributed by atoms with van der Waals surface area (Å²) in [6, 6.07) is 16.1. The fourth-order valence-corrected chi connectivity index (χ4v) is 5.68. The zero-order valence-corrected chi connectivity index (χ0v) is 14.7. The van der Waals surface area contributed by atoms with Gasteiger partial charge in [-0.3, -0.25) is 0 Å². The van der Waals surface area contributed by atoms with E-state index in [0.717, 1.165) is 10.0 Å². The molecule has 0 radical (unpaired) electrons. The highest BCUT2D eigenvalue weighted by atomic mass is 79.9. The molecule has 3 rings (SSSR count). The lowest BCUT2D eigenvalue weighted by molar-refractivity contribution is 0.593. The first kappa shape index (κ1) is 15.6.